The number of para-hydroxylation sites is 1. The van der Waals surface area contributed by atoms with Crippen molar-refractivity contribution < 1.29 is 9.59 Å². The lowest BCUT2D eigenvalue weighted by Gasteiger charge is -2.33. The topological polar surface area (TPSA) is 55.2 Å². The Hall–Kier alpha value is -2.17. The third-order valence-corrected chi connectivity index (χ3v) is 7.08. The largest absolute Gasteiger partial charge is 0.332 e. The van der Waals surface area contributed by atoms with E-state index in [1.54, 1.807) is 6.92 Å². The zero-order valence-electron chi connectivity index (χ0n) is 16.2. The molecule has 3 atom stereocenters. The highest BCUT2D eigenvalue weighted by Crippen LogP contribution is 2.58. The van der Waals surface area contributed by atoms with Gasteiger partial charge in [0.05, 0.1) is 5.52 Å². The van der Waals surface area contributed by atoms with Gasteiger partial charge in [-0.05, 0) is 50.5 Å². The Morgan fingerprint density at radius 3 is 2.93 bits per heavy atom. The Labute approximate surface area is 159 Å². The molecule has 2 aromatic rings. The van der Waals surface area contributed by atoms with E-state index < -0.39 is 0 Å². The number of fused-ring (bicyclic) bond motifs is 3. The van der Waals surface area contributed by atoms with Gasteiger partial charge in [-0.15, -0.1) is 0 Å². The number of carbonyl (C=O) groups excluding carboxylic acids is 2. The van der Waals surface area contributed by atoms with Gasteiger partial charge < -0.3 is 4.90 Å². The van der Waals surface area contributed by atoms with Gasteiger partial charge in [0.15, 0.2) is 5.78 Å². The number of hydrogen-bond acceptors (Lipinski definition) is 3. The van der Waals surface area contributed by atoms with Crippen LogP contribution >= 0.6 is 0 Å². The number of carbonyl (C=O) groups is 2. The third kappa shape index (κ3) is 2.54. The van der Waals surface area contributed by atoms with Crippen LogP contribution in [0.25, 0.3) is 10.9 Å². The molecule has 1 aliphatic carbocycles. The van der Waals surface area contributed by atoms with E-state index in [2.05, 4.69) is 23.0 Å². The Balaban J connectivity index is 1.61. The molecule has 5 rings (SSSR count). The summed E-state index contributed by atoms with van der Waals surface area (Å²) in [6.07, 6.45) is 7.90. The van der Waals surface area contributed by atoms with Crippen molar-refractivity contribution in [3.05, 3.63) is 29.5 Å². The molecule has 0 bridgehead atoms. The van der Waals surface area contributed by atoms with Crippen molar-refractivity contribution in [3.63, 3.8) is 0 Å². The molecule has 0 radical (unpaired) electrons. The van der Waals surface area contributed by atoms with Gasteiger partial charge in [0.25, 0.3) is 0 Å². The van der Waals surface area contributed by atoms with Crippen LogP contribution in [0, 0.1) is 5.92 Å². The molecule has 3 heterocycles. The molecule has 3 aliphatic rings. The maximum absolute atomic E-state index is 13.4. The molecule has 5 heteroatoms. The molecule has 1 amide bonds. The predicted molar refractivity (Wildman–Crippen MR) is 104 cm³/mol. The molecule has 2 fully saturated rings. The van der Waals surface area contributed by atoms with Crippen molar-refractivity contribution in [1.82, 2.24) is 14.7 Å². The summed E-state index contributed by atoms with van der Waals surface area (Å²) in [5.74, 6) is 0.799. The lowest BCUT2D eigenvalue weighted by Crippen LogP contribution is -2.45. The van der Waals surface area contributed by atoms with E-state index in [-0.39, 0.29) is 23.8 Å². The Bertz CT molecular complexity index is 946. The van der Waals surface area contributed by atoms with E-state index in [1.807, 2.05) is 16.8 Å². The van der Waals surface area contributed by atoms with Gasteiger partial charge in [0.1, 0.15) is 12.2 Å². The number of piperidine rings is 1. The number of benzene rings is 1. The van der Waals surface area contributed by atoms with Gasteiger partial charge in [-0.3, -0.25) is 14.3 Å². The number of hydrogen-bond donors (Lipinski definition) is 0. The summed E-state index contributed by atoms with van der Waals surface area (Å²) in [4.78, 5) is 27.7. The van der Waals surface area contributed by atoms with E-state index in [0.29, 0.717) is 17.7 Å². The van der Waals surface area contributed by atoms with Gasteiger partial charge in [0, 0.05) is 23.9 Å². The van der Waals surface area contributed by atoms with Crippen LogP contribution < -0.4 is 0 Å². The fourth-order valence-corrected chi connectivity index (χ4v) is 5.62. The molecular weight excluding hydrogens is 338 g/mol. The fourth-order valence-electron chi connectivity index (χ4n) is 5.62. The Morgan fingerprint density at radius 2 is 2.11 bits per heavy atom. The van der Waals surface area contributed by atoms with E-state index >= 15 is 0 Å². The molecular formula is C22H27N3O2. The van der Waals surface area contributed by atoms with Crippen molar-refractivity contribution in [3.8, 4) is 0 Å². The monoisotopic (exact) mass is 365 g/mol. The summed E-state index contributed by atoms with van der Waals surface area (Å²) >= 11 is 0. The molecule has 27 heavy (non-hydrogen) atoms. The highest BCUT2D eigenvalue weighted by atomic mass is 16.2. The first-order valence-corrected chi connectivity index (χ1v) is 10.3. The van der Waals surface area contributed by atoms with Crippen LogP contribution in [0.15, 0.2) is 18.2 Å². The zero-order chi connectivity index (χ0) is 18.8. The number of amides is 1. The van der Waals surface area contributed by atoms with Crippen LogP contribution in [0.3, 0.4) is 0 Å². The van der Waals surface area contributed by atoms with E-state index in [0.717, 1.165) is 43.0 Å². The van der Waals surface area contributed by atoms with Crippen molar-refractivity contribution in [1.29, 1.82) is 0 Å². The quantitative estimate of drug-likeness (QED) is 0.724. The van der Waals surface area contributed by atoms with Crippen molar-refractivity contribution in [2.45, 2.75) is 76.9 Å². The molecule has 0 N–H and O–H groups in total. The van der Waals surface area contributed by atoms with Gasteiger partial charge in [-0.2, -0.15) is 5.10 Å². The summed E-state index contributed by atoms with van der Waals surface area (Å²) in [6.45, 7) is 4.04. The number of nitrogens with zero attached hydrogens (tertiary/aromatic N) is 3. The maximum Gasteiger partial charge on any atom is 0.245 e. The molecule has 1 saturated heterocycles. The molecule has 3 unspecified atom stereocenters. The number of rotatable bonds is 1. The van der Waals surface area contributed by atoms with Gasteiger partial charge in [-0.25, -0.2) is 0 Å². The molecule has 0 spiro atoms. The van der Waals surface area contributed by atoms with E-state index in [9.17, 15) is 9.59 Å². The minimum Gasteiger partial charge on any atom is -0.332 e. The number of aryl methyl sites for hydroxylation is 1. The average molecular weight is 365 g/mol. The van der Waals surface area contributed by atoms with Crippen LogP contribution in [0.5, 0.6) is 0 Å². The van der Waals surface area contributed by atoms with E-state index in [1.165, 1.54) is 18.4 Å². The lowest BCUT2D eigenvalue weighted by atomic mass is 9.99. The standard InChI is InChI=1S/C22H27N3O2/c1-14(26)20-18-10-6-8-15-7-4-3-5-9-17-11-16-12-22(16,2)25(17)19(27)13-24(23-20)21(15)18/h6,8,10,16-17H,3-5,7,9,11-13H2,1-2H3. The van der Waals surface area contributed by atoms with Crippen LogP contribution in [-0.2, 0) is 17.8 Å². The Morgan fingerprint density at radius 1 is 1.26 bits per heavy atom. The molecule has 1 aromatic heterocycles. The first-order valence-electron chi connectivity index (χ1n) is 10.3. The second kappa shape index (κ2) is 5.91. The highest BCUT2D eigenvalue weighted by Gasteiger charge is 2.63. The van der Waals surface area contributed by atoms with E-state index in [4.69, 9.17) is 0 Å². The summed E-state index contributed by atoms with van der Waals surface area (Å²) in [5.41, 5.74) is 2.73. The fraction of sp³-hybridized carbons (Fsp3) is 0.591. The second-order valence-corrected chi connectivity index (χ2v) is 8.89. The summed E-state index contributed by atoms with van der Waals surface area (Å²) in [6, 6.07) is 6.48. The zero-order valence-corrected chi connectivity index (χ0v) is 16.2. The maximum atomic E-state index is 13.4. The average Bonchev–Trinajstić information content (AvgIpc) is 2.98. The predicted octanol–water partition coefficient (Wildman–Crippen LogP) is 3.73. The van der Waals surface area contributed by atoms with Crippen LogP contribution in [0.1, 0.15) is 68.4 Å². The number of ketones is 1. The van der Waals surface area contributed by atoms with Crippen molar-refractivity contribution in [2.24, 2.45) is 5.92 Å². The summed E-state index contributed by atoms with van der Waals surface area (Å²) in [7, 11) is 0. The van der Waals surface area contributed by atoms with Crippen LogP contribution in [-0.4, -0.2) is 38.0 Å². The summed E-state index contributed by atoms with van der Waals surface area (Å²) < 4.78 is 1.81. The minimum atomic E-state index is -0.0408. The Kier molecular flexibility index (Phi) is 3.72. The summed E-state index contributed by atoms with van der Waals surface area (Å²) in [5, 5.41) is 5.48. The smallest absolute Gasteiger partial charge is 0.245 e. The number of aromatic nitrogens is 2. The SMILES string of the molecule is CC(=O)c1nn2c3c(cccc13)CCCCCC1CC3CC3(C)N1C(=O)C2. The van der Waals surface area contributed by atoms with Gasteiger partial charge >= 0.3 is 0 Å². The second-order valence-electron chi connectivity index (χ2n) is 8.89. The minimum absolute atomic E-state index is 0.0408. The van der Waals surface area contributed by atoms with Gasteiger partial charge in [-0.1, -0.05) is 31.0 Å². The first kappa shape index (κ1) is 17.0. The van der Waals surface area contributed by atoms with Crippen molar-refractivity contribution in [2.75, 3.05) is 0 Å². The molecule has 142 valence electrons. The van der Waals surface area contributed by atoms with Crippen LogP contribution in [0.2, 0.25) is 0 Å². The molecule has 2 aliphatic heterocycles. The highest BCUT2D eigenvalue weighted by molar-refractivity contribution is 6.05. The normalized spacial score (nSPS) is 30.4. The number of Topliss-reactive ketones (excluding diaryl/α,β-unsaturated/α-hetero) is 1. The molecule has 1 aromatic carbocycles. The lowest BCUT2D eigenvalue weighted by molar-refractivity contribution is -0.136. The molecule has 5 nitrogen and oxygen atoms in total. The third-order valence-electron chi connectivity index (χ3n) is 7.08. The van der Waals surface area contributed by atoms with Crippen molar-refractivity contribution >= 4 is 22.6 Å². The van der Waals surface area contributed by atoms with Gasteiger partial charge in [0.2, 0.25) is 5.91 Å². The van der Waals surface area contributed by atoms with Crippen LogP contribution in [0.4, 0.5) is 0 Å². The first-order chi connectivity index (χ1) is 13.0. The molecule has 1 saturated carbocycles.